The molecule has 0 fully saturated rings. The van der Waals surface area contributed by atoms with Gasteiger partial charge in [-0.05, 0) is 0 Å². The molecular weight excluding hydrogens is 200 g/mol. The summed E-state index contributed by atoms with van der Waals surface area (Å²) in [6, 6.07) is 0. The highest BCUT2D eigenvalue weighted by atomic mass is 16.3. The van der Waals surface area contributed by atoms with Gasteiger partial charge >= 0.3 is 0 Å². The Morgan fingerprint density at radius 2 is 1.62 bits per heavy atom. The van der Waals surface area contributed by atoms with Crippen molar-refractivity contribution in [1.82, 2.24) is 9.97 Å². The molecule has 0 saturated carbocycles. The van der Waals surface area contributed by atoms with Gasteiger partial charge in [0, 0.05) is 17.0 Å². The Labute approximate surface area is 97.9 Å². The molecule has 0 spiro atoms. The lowest BCUT2D eigenvalue weighted by molar-refractivity contribution is 0.270. The lowest BCUT2D eigenvalue weighted by atomic mass is 9.88. The summed E-state index contributed by atoms with van der Waals surface area (Å²) < 4.78 is 0. The van der Waals surface area contributed by atoms with Crippen LogP contribution in [-0.2, 0) is 17.4 Å². The number of aliphatic hydroxyl groups is 1. The molecule has 1 heterocycles. The van der Waals surface area contributed by atoms with Gasteiger partial charge in [-0.25, -0.2) is 0 Å². The number of aromatic nitrogens is 2. The van der Waals surface area contributed by atoms with E-state index in [1.165, 1.54) is 0 Å². The van der Waals surface area contributed by atoms with Gasteiger partial charge in [0.05, 0.1) is 23.7 Å². The van der Waals surface area contributed by atoms with Crippen LogP contribution in [0.4, 0.5) is 0 Å². The fraction of sp³-hybridized carbons (Fsp3) is 0.692. The van der Waals surface area contributed by atoms with Crippen LogP contribution in [0.1, 0.15) is 58.6 Å². The Balaban J connectivity index is 3.28. The van der Waals surface area contributed by atoms with Crippen molar-refractivity contribution in [1.29, 1.82) is 0 Å². The van der Waals surface area contributed by atoms with Gasteiger partial charge in [-0.1, -0.05) is 41.5 Å². The highest BCUT2D eigenvalue weighted by molar-refractivity contribution is 5.23. The van der Waals surface area contributed by atoms with E-state index in [0.29, 0.717) is 5.69 Å². The predicted molar refractivity (Wildman–Crippen MR) is 65.4 cm³/mol. The van der Waals surface area contributed by atoms with Crippen molar-refractivity contribution in [2.24, 2.45) is 0 Å². The van der Waals surface area contributed by atoms with Gasteiger partial charge in [0.15, 0.2) is 0 Å². The van der Waals surface area contributed by atoms with E-state index in [-0.39, 0.29) is 17.4 Å². The highest BCUT2D eigenvalue weighted by Crippen LogP contribution is 2.26. The zero-order chi connectivity index (χ0) is 12.6. The molecule has 1 N–H and O–H groups in total. The lowest BCUT2D eigenvalue weighted by Gasteiger charge is -2.23. The molecule has 0 aliphatic rings. The van der Waals surface area contributed by atoms with Crippen molar-refractivity contribution in [3.05, 3.63) is 23.3 Å². The maximum Gasteiger partial charge on any atom is 0.0882 e. The SMILES string of the molecule is CC(C)(C)c1cnc(C(C)(C)C)c(CO)n1. The molecule has 0 aliphatic carbocycles. The molecule has 0 saturated heterocycles. The summed E-state index contributed by atoms with van der Waals surface area (Å²) in [4.78, 5) is 8.98. The number of aliphatic hydroxyl groups excluding tert-OH is 1. The van der Waals surface area contributed by atoms with E-state index in [4.69, 9.17) is 0 Å². The Hall–Kier alpha value is -0.960. The largest absolute Gasteiger partial charge is 0.390 e. The predicted octanol–water partition coefficient (Wildman–Crippen LogP) is 2.56. The molecule has 3 heteroatoms. The van der Waals surface area contributed by atoms with E-state index in [1.807, 2.05) is 6.20 Å². The molecule has 1 aromatic heterocycles. The van der Waals surface area contributed by atoms with Gasteiger partial charge in [-0.3, -0.25) is 9.97 Å². The number of hydrogen-bond donors (Lipinski definition) is 1. The minimum Gasteiger partial charge on any atom is -0.390 e. The smallest absolute Gasteiger partial charge is 0.0882 e. The minimum atomic E-state index is -0.0819. The average Bonchev–Trinajstić information content (AvgIpc) is 2.14. The van der Waals surface area contributed by atoms with E-state index in [0.717, 1.165) is 11.4 Å². The van der Waals surface area contributed by atoms with Crippen molar-refractivity contribution in [2.75, 3.05) is 0 Å². The van der Waals surface area contributed by atoms with Crippen LogP contribution in [0.25, 0.3) is 0 Å². The first-order chi connectivity index (χ1) is 7.16. The second kappa shape index (κ2) is 4.13. The molecular formula is C13H22N2O. The summed E-state index contributed by atoms with van der Waals surface area (Å²) in [5.41, 5.74) is 2.38. The maximum absolute atomic E-state index is 9.37. The van der Waals surface area contributed by atoms with E-state index in [9.17, 15) is 5.11 Å². The topological polar surface area (TPSA) is 46.0 Å². The molecule has 16 heavy (non-hydrogen) atoms. The van der Waals surface area contributed by atoms with Crippen molar-refractivity contribution in [3.63, 3.8) is 0 Å². The van der Waals surface area contributed by atoms with Gasteiger partial charge < -0.3 is 5.11 Å². The summed E-state index contributed by atoms with van der Waals surface area (Å²) in [6.45, 7) is 12.5. The van der Waals surface area contributed by atoms with Gasteiger partial charge in [0.2, 0.25) is 0 Å². The van der Waals surface area contributed by atoms with Gasteiger partial charge in [0.1, 0.15) is 0 Å². The Kier molecular flexibility index (Phi) is 3.38. The number of nitrogens with zero attached hydrogens (tertiary/aromatic N) is 2. The minimum absolute atomic E-state index is 0.0344. The molecule has 0 atom stereocenters. The van der Waals surface area contributed by atoms with Crippen LogP contribution in [0.15, 0.2) is 6.20 Å². The van der Waals surface area contributed by atoms with E-state index < -0.39 is 0 Å². The van der Waals surface area contributed by atoms with Crippen molar-refractivity contribution in [2.45, 2.75) is 59.0 Å². The normalized spacial score (nSPS) is 12.9. The van der Waals surface area contributed by atoms with Crippen LogP contribution in [0.3, 0.4) is 0 Å². The zero-order valence-electron chi connectivity index (χ0n) is 11.1. The molecule has 0 unspecified atom stereocenters. The quantitative estimate of drug-likeness (QED) is 0.794. The highest BCUT2D eigenvalue weighted by Gasteiger charge is 2.23. The fourth-order valence-corrected chi connectivity index (χ4v) is 1.53. The Bertz CT molecular complexity index is 372. The first kappa shape index (κ1) is 13.1. The molecule has 1 aromatic rings. The van der Waals surface area contributed by atoms with Crippen LogP contribution in [0.2, 0.25) is 0 Å². The third-order valence-electron chi connectivity index (χ3n) is 2.47. The summed E-state index contributed by atoms with van der Waals surface area (Å²) >= 11 is 0. The van der Waals surface area contributed by atoms with Crippen LogP contribution in [0.5, 0.6) is 0 Å². The summed E-state index contributed by atoms with van der Waals surface area (Å²) in [5.74, 6) is 0. The number of hydrogen-bond acceptors (Lipinski definition) is 3. The van der Waals surface area contributed by atoms with Crippen molar-refractivity contribution >= 4 is 0 Å². The molecule has 0 aromatic carbocycles. The van der Waals surface area contributed by atoms with Crippen LogP contribution < -0.4 is 0 Å². The van der Waals surface area contributed by atoms with Gasteiger partial charge in [0.25, 0.3) is 0 Å². The van der Waals surface area contributed by atoms with Gasteiger partial charge in [-0.15, -0.1) is 0 Å². The first-order valence-electron chi connectivity index (χ1n) is 5.64. The van der Waals surface area contributed by atoms with Crippen molar-refractivity contribution < 1.29 is 5.11 Å². The van der Waals surface area contributed by atoms with E-state index in [1.54, 1.807) is 0 Å². The van der Waals surface area contributed by atoms with Gasteiger partial charge in [-0.2, -0.15) is 0 Å². The van der Waals surface area contributed by atoms with Crippen LogP contribution in [0, 0.1) is 0 Å². The zero-order valence-corrected chi connectivity index (χ0v) is 11.1. The summed E-state index contributed by atoms with van der Waals surface area (Å²) in [7, 11) is 0. The second-order valence-electron chi connectivity index (χ2n) is 6.21. The maximum atomic E-state index is 9.37. The van der Waals surface area contributed by atoms with E-state index in [2.05, 4.69) is 51.5 Å². The van der Waals surface area contributed by atoms with Crippen molar-refractivity contribution in [3.8, 4) is 0 Å². The average molecular weight is 222 g/mol. The molecule has 0 radical (unpaired) electrons. The molecule has 0 bridgehead atoms. The molecule has 3 nitrogen and oxygen atoms in total. The number of rotatable bonds is 1. The monoisotopic (exact) mass is 222 g/mol. The second-order valence-corrected chi connectivity index (χ2v) is 6.21. The van der Waals surface area contributed by atoms with Crippen LogP contribution >= 0.6 is 0 Å². The Morgan fingerprint density at radius 3 is 2.00 bits per heavy atom. The third kappa shape index (κ3) is 2.79. The van der Waals surface area contributed by atoms with Crippen LogP contribution in [-0.4, -0.2) is 15.1 Å². The molecule has 1 rings (SSSR count). The molecule has 90 valence electrons. The fourth-order valence-electron chi connectivity index (χ4n) is 1.53. The Morgan fingerprint density at radius 1 is 1.06 bits per heavy atom. The first-order valence-corrected chi connectivity index (χ1v) is 5.64. The molecule has 0 aliphatic heterocycles. The lowest BCUT2D eigenvalue weighted by Crippen LogP contribution is -2.22. The van der Waals surface area contributed by atoms with E-state index >= 15 is 0 Å². The molecule has 0 amide bonds. The summed E-state index contributed by atoms with van der Waals surface area (Å²) in [5, 5.41) is 9.37. The summed E-state index contributed by atoms with van der Waals surface area (Å²) in [6.07, 6.45) is 1.82. The third-order valence-corrected chi connectivity index (χ3v) is 2.47. The standard InChI is InChI=1S/C13H22N2O/c1-12(2,3)10-7-14-11(13(4,5)6)9(8-16)15-10/h7,16H,8H2,1-6H3.